The zero-order chi connectivity index (χ0) is 26.7. The number of nitrogens with zero attached hydrogens (tertiary/aromatic N) is 4. The summed E-state index contributed by atoms with van der Waals surface area (Å²) < 4.78 is 20.1. The van der Waals surface area contributed by atoms with Crippen molar-refractivity contribution in [2.24, 2.45) is 0 Å². The zero-order valence-corrected chi connectivity index (χ0v) is 22.5. The number of ether oxygens (including phenoxy) is 1. The van der Waals surface area contributed by atoms with Crippen molar-refractivity contribution in [2.45, 2.75) is 58.0 Å². The van der Waals surface area contributed by atoms with Gasteiger partial charge in [0.2, 0.25) is 0 Å². The van der Waals surface area contributed by atoms with Crippen molar-refractivity contribution in [3.63, 3.8) is 0 Å². The number of nitrogens with one attached hydrogen (secondary N) is 1. The number of pyridine rings is 1. The molecule has 0 unspecified atom stereocenters. The Bertz CT molecular complexity index is 1200. The third kappa shape index (κ3) is 7.68. The van der Waals surface area contributed by atoms with Gasteiger partial charge in [-0.25, -0.2) is 14.2 Å². The number of hydrogen-bond acceptors (Lipinski definition) is 7. The van der Waals surface area contributed by atoms with E-state index in [0.717, 1.165) is 73.3 Å². The van der Waals surface area contributed by atoms with Gasteiger partial charge in [0.05, 0.1) is 17.9 Å². The predicted octanol–water partition coefficient (Wildman–Crippen LogP) is 3.63. The van der Waals surface area contributed by atoms with Crippen LogP contribution in [0.2, 0.25) is 0 Å². The van der Waals surface area contributed by atoms with Crippen molar-refractivity contribution < 1.29 is 23.5 Å². The maximum Gasteiger partial charge on any atom is 0.358 e. The standard InChI is InChI=1S/C29H39FN5O3/c1-22-26-11-3-4-12-27(26)32-21-35(22)38-28(36)13-8-18-34(20-25(19-30)37-2)17-6-5-10-24-15-14-23-9-7-16-31-29(23)33-24/h3-4,11-12,14-15,21,25H,5-10,13,16-20H2,1-2H3,(H,31,33)/q+1/t25-/m1/s1. The maximum absolute atomic E-state index is 13.4. The minimum atomic E-state index is -0.536. The van der Waals surface area contributed by atoms with Crippen LogP contribution in [0.3, 0.4) is 0 Å². The number of aromatic nitrogens is 3. The van der Waals surface area contributed by atoms with E-state index in [1.807, 2.05) is 31.2 Å². The number of para-hydroxylation sites is 1. The summed E-state index contributed by atoms with van der Waals surface area (Å²) >= 11 is 0. The summed E-state index contributed by atoms with van der Waals surface area (Å²) in [6.45, 7) is 4.31. The number of hydrogen-bond donors (Lipinski definition) is 1. The van der Waals surface area contributed by atoms with Crippen LogP contribution >= 0.6 is 0 Å². The smallest absolute Gasteiger partial charge is 0.358 e. The first-order valence-electron chi connectivity index (χ1n) is 13.6. The molecule has 9 heteroatoms. The van der Waals surface area contributed by atoms with Crippen molar-refractivity contribution in [2.75, 3.05) is 45.3 Å². The van der Waals surface area contributed by atoms with Crippen LogP contribution in [0, 0.1) is 6.92 Å². The quantitative estimate of drug-likeness (QED) is 0.255. The van der Waals surface area contributed by atoms with Crippen molar-refractivity contribution in [1.82, 2.24) is 14.9 Å². The highest BCUT2D eigenvalue weighted by atomic mass is 19.1. The summed E-state index contributed by atoms with van der Waals surface area (Å²) in [5.74, 6) is 0.706. The topological polar surface area (TPSA) is 80.5 Å². The molecule has 0 bridgehead atoms. The molecule has 2 aromatic heterocycles. The fourth-order valence-corrected chi connectivity index (χ4v) is 4.82. The van der Waals surface area contributed by atoms with Crippen molar-refractivity contribution in [3.8, 4) is 0 Å². The highest BCUT2D eigenvalue weighted by molar-refractivity contribution is 5.79. The van der Waals surface area contributed by atoms with Crippen molar-refractivity contribution >= 4 is 22.7 Å². The first kappa shape index (κ1) is 27.9. The Balaban J connectivity index is 1.24. The van der Waals surface area contributed by atoms with E-state index in [1.54, 1.807) is 0 Å². The molecule has 0 radical (unpaired) electrons. The van der Waals surface area contributed by atoms with Gasteiger partial charge in [-0.3, -0.25) is 4.84 Å². The summed E-state index contributed by atoms with van der Waals surface area (Å²) in [7, 11) is 1.53. The van der Waals surface area contributed by atoms with Crippen molar-refractivity contribution in [1.29, 1.82) is 0 Å². The maximum atomic E-state index is 13.4. The third-order valence-electron chi connectivity index (χ3n) is 7.06. The SMILES string of the molecule is CO[C@H](CF)CN(CCCCc1ccc2c(n1)NCCC2)CCCC(=O)O[n+]1cnc2ccccc2c1C. The molecule has 0 saturated carbocycles. The molecule has 1 aliphatic heterocycles. The number of anilines is 1. The number of unbranched alkanes of at least 4 members (excludes halogenated alkanes) is 1. The lowest BCUT2D eigenvalue weighted by Crippen LogP contribution is -2.48. The molecular formula is C29H39FN5O3+. The molecule has 1 N–H and O–H groups in total. The molecule has 0 saturated heterocycles. The third-order valence-corrected chi connectivity index (χ3v) is 7.06. The van der Waals surface area contributed by atoms with Gasteiger partial charge in [0.25, 0.3) is 0 Å². The summed E-state index contributed by atoms with van der Waals surface area (Å²) in [5, 5.41) is 4.33. The van der Waals surface area contributed by atoms with Crippen LogP contribution in [0.5, 0.6) is 0 Å². The van der Waals surface area contributed by atoms with E-state index in [2.05, 4.69) is 27.3 Å². The summed E-state index contributed by atoms with van der Waals surface area (Å²) in [6.07, 6.45) is 7.02. The molecule has 1 atom stereocenters. The Kier molecular flexibility index (Phi) is 10.3. The van der Waals surface area contributed by atoms with Gasteiger partial charge in [-0.2, -0.15) is 0 Å². The molecule has 3 heterocycles. The number of fused-ring (bicyclic) bond motifs is 2. The van der Waals surface area contributed by atoms with Gasteiger partial charge in [-0.05, 0) is 85.1 Å². The number of methoxy groups -OCH3 is 1. The number of benzene rings is 1. The van der Waals surface area contributed by atoms with Crippen LogP contribution in [0.15, 0.2) is 42.7 Å². The summed E-state index contributed by atoms with van der Waals surface area (Å²) in [5.41, 5.74) is 4.07. The largest absolute Gasteiger partial charge is 0.377 e. The lowest BCUT2D eigenvalue weighted by molar-refractivity contribution is -0.874. The van der Waals surface area contributed by atoms with Gasteiger partial charge in [-0.15, -0.1) is 0 Å². The van der Waals surface area contributed by atoms with Crippen LogP contribution in [-0.2, 0) is 22.4 Å². The Morgan fingerprint density at radius 2 is 2.03 bits per heavy atom. The fourth-order valence-electron chi connectivity index (χ4n) is 4.82. The van der Waals surface area contributed by atoms with Crippen LogP contribution < -0.4 is 14.9 Å². The lowest BCUT2D eigenvalue weighted by atomic mass is 10.1. The molecule has 204 valence electrons. The van der Waals surface area contributed by atoms with Crippen LogP contribution in [0.25, 0.3) is 10.9 Å². The Morgan fingerprint density at radius 1 is 1.18 bits per heavy atom. The second kappa shape index (κ2) is 14.1. The molecule has 8 nitrogen and oxygen atoms in total. The van der Waals surface area contributed by atoms with E-state index >= 15 is 0 Å². The monoisotopic (exact) mass is 524 g/mol. The average molecular weight is 525 g/mol. The van der Waals surface area contributed by atoms with Gasteiger partial charge in [-0.1, -0.05) is 18.2 Å². The minimum absolute atomic E-state index is 0.259. The Labute approximate surface area is 224 Å². The Hall–Kier alpha value is -3.17. The molecule has 1 aromatic carbocycles. The average Bonchev–Trinajstić information content (AvgIpc) is 2.95. The zero-order valence-electron chi connectivity index (χ0n) is 22.5. The highest BCUT2D eigenvalue weighted by Crippen LogP contribution is 2.20. The Morgan fingerprint density at radius 3 is 2.87 bits per heavy atom. The number of alkyl halides is 1. The van der Waals surface area contributed by atoms with Crippen LogP contribution in [0.1, 0.15) is 49.1 Å². The summed E-state index contributed by atoms with van der Waals surface area (Å²) in [6, 6.07) is 12.1. The second-order valence-corrected chi connectivity index (χ2v) is 9.85. The number of carbonyl (C=O) groups is 1. The molecule has 0 amide bonds. The van der Waals surface area contributed by atoms with Crippen LogP contribution in [-0.4, -0.2) is 66.9 Å². The fraction of sp³-hybridized carbons (Fsp3) is 0.517. The van der Waals surface area contributed by atoms with E-state index in [-0.39, 0.29) is 12.4 Å². The number of rotatable bonds is 14. The summed E-state index contributed by atoms with van der Waals surface area (Å²) in [4.78, 5) is 29.4. The predicted molar refractivity (Wildman–Crippen MR) is 145 cm³/mol. The van der Waals surface area contributed by atoms with Gasteiger partial charge in [0.15, 0.2) is 11.2 Å². The van der Waals surface area contributed by atoms with E-state index in [0.29, 0.717) is 19.5 Å². The van der Waals surface area contributed by atoms with Crippen molar-refractivity contribution in [3.05, 3.63) is 59.7 Å². The molecular weight excluding hydrogens is 485 g/mol. The molecule has 4 rings (SSSR count). The van der Waals surface area contributed by atoms with E-state index in [1.165, 1.54) is 23.7 Å². The molecule has 3 aromatic rings. The first-order chi connectivity index (χ1) is 18.6. The second-order valence-electron chi connectivity index (χ2n) is 9.85. The molecule has 0 aliphatic carbocycles. The van der Waals surface area contributed by atoms with Gasteiger partial charge in [0, 0.05) is 32.8 Å². The molecule has 0 fully saturated rings. The normalized spacial score (nSPS) is 13.8. The first-order valence-corrected chi connectivity index (χ1v) is 13.6. The minimum Gasteiger partial charge on any atom is -0.377 e. The highest BCUT2D eigenvalue weighted by Gasteiger charge is 2.18. The van der Waals surface area contributed by atoms with Crippen LogP contribution in [0.4, 0.5) is 10.2 Å². The van der Waals surface area contributed by atoms with Gasteiger partial charge in [0.1, 0.15) is 12.5 Å². The molecule has 0 spiro atoms. The number of carbonyl (C=O) groups excluding carboxylic acids is 1. The van der Waals surface area contributed by atoms with Gasteiger partial charge >= 0.3 is 12.3 Å². The van der Waals surface area contributed by atoms with E-state index in [4.69, 9.17) is 14.6 Å². The lowest BCUT2D eigenvalue weighted by Gasteiger charge is -2.25. The van der Waals surface area contributed by atoms with E-state index < -0.39 is 12.8 Å². The number of halogens is 1. The molecule has 38 heavy (non-hydrogen) atoms. The van der Waals surface area contributed by atoms with E-state index in [9.17, 15) is 9.18 Å². The van der Waals surface area contributed by atoms with Gasteiger partial charge < -0.3 is 15.0 Å². The number of aryl methyl sites for hydroxylation is 3. The molecule has 1 aliphatic rings.